The summed E-state index contributed by atoms with van der Waals surface area (Å²) in [6.45, 7) is 9.53. The number of ether oxygens (including phenoxy) is 1. The predicted molar refractivity (Wildman–Crippen MR) is 105 cm³/mol. The molecule has 6 heteroatoms. The number of carbonyl (C=O) groups excluding carboxylic acids is 1. The fourth-order valence-corrected chi connectivity index (χ4v) is 2.60. The second kappa shape index (κ2) is 8.20. The number of nitro groups is 1. The number of benzene rings is 2. The van der Waals surface area contributed by atoms with Gasteiger partial charge >= 0.3 is 0 Å². The molecular formula is C21H26N2O4. The molecule has 144 valence electrons. The Hall–Kier alpha value is -2.89. The first-order valence-corrected chi connectivity index (χ1v) is 8.94. The minimum atomic E-state index is -1.12. The highest BCUT2D eigenvalue weighted by atomic mass is 16.6. The van der Waals surface area contributed by atoms with Crippen LogP contribution in [-0.4, -0.2) is 16.4 Å². The zero-order valence-electron chi connectivity index (χ0n) is 16.4. The van der Waals surface area contributed by atoms with E-state index in [2.05, 4.69) is 31.3 Å². The molecule has 0 aliphatic heterocycles. The maximum atomic E-state index is 12.7. The normalized spacial score (nSPS) is 12.5. The Morgan fingerprint density at radius 1 is 1.00 bits per heavy atom. The summed E-state index contributed by atoms with van der Waals surface area (Å²) in [5.41, 5.74) is 1.11. The van der Waals surface area contributed by atoms with E-state index in [1.54, 1.807) is 13.8 Å². The first-order valence-electron chi connectivity index (χ1n) is 8.94. The molecule has 0 aromatic heterocycles. The number of hydrogen-bond acceptors (Lipinski definition) is 4. The highest BCUT2D eigenvalue weighted by Crippen LogP contribution is 2.23. The maximum Gasteiger partial charge on any atom is 0.269 e. The van der Waals surface area contributed by atoms with E-state index < -0.39 is 10.5 Å². The molecule has 0 bridgehead atoms. The molecule has 0 aliphatic rings. The number of amides is 1. The lowest BCUT2D eigenvalue weighted by Gasteiger charge is -2.27. The molecule has 27 heavy (non-hydrogen) atoms. The summed E-state index contributed by atoms with van der Waals surface area (Å²) < 4.78 is 5.75. The largest absolute Gasteiger partial charge is 0.478 e. The Balaban J connectivity index is 2.02. The van der Waals surface area contributed by atoms with Gasteiger partial charge in [0, 0.05) is 12.1 Å². The standard InChI is InChI=1S/C21H26N2O4/c1-14(2)16-6-8-17(9-7-16)15(3)22-20(24)21(4,5)27-19-12-10-18(11-13-19)23(25)26/h6-15H,1-5H3,(H,22,24)/t15-/m0/s1. The third-order valence-corrected chi connectivity index (χ3v) is 4.42. The van der Waals surface area contributed by atoms with E-state index in [-0.39, 0.29) is 17.6 Å². The molecule has 2 aromatic rings. The van der Waals surface area contributed by atoms with Crippen LogP contribution >= 0.6 is 0 Å². The number of rotatable bonds is 7. The van der Waals surface area contributed by atoms with Gasteiger partial charge in [-0.3, -0.25) is 14.9 Å². The molecule has 0 aliphatic carbocycles. The van der Waals surface area contributed by atoms with Gasteiger partial charge in [0.1, 0.15) is 5.75 Å². The lowest BCUT2D eigenvalue weighted by molar-refractivity contribution is -0.384. The van der Waals surface area contributed by atoms with Gasteiger partial charge in [-0.1, -0.05) is 38.1 Å². The van der Waals surface area contributed by atoms with Crippen LogP contribution in [0.2, 0.25) is 0 Å². The molecule has 1 N–H and O–H groups in total. The van der Waals surface area contributed by atoms with Crippen LogP contribution < -0.4 is 10.1 Å². The number of non-ortho nitro benzene ring substituents is 1. The maximum absolute atomic E-state index is 12.7. The quantitative estimate of drug-likeness (QED) is 0.563. The minimum absolute atomic E-state index is 0.0249. The Morgan fingerprint density at radius 3 is 2.00 bits per heavy atom. The summed E-state index contributed by atoms with van der Waals surface area (Å²) in [6, 6.07) is 13.7. The van der Waals surface area contributed by atoms with Gasteiger partial charge < -0.3 is 10.1 Å². The van der Waals surface area contributed by atoms with Crippen molar-refractivity contribution in [1.82, 2.24) is 5.32 Å². The van der Waals surface area contributed by atoms with Crippen molar-refractivity contribution in [3.63, 3.8) is 0 Å². The van der Waals surface area contributed by atoms with Gasteiger partial charge in [0.2, 0.25) is 0 Å². The van der Waals surface area contributed by atoms with Crippen LogP contribution in [0.5, 0.6) is 5.75 Å². The van der Waals surface area contributed by atoms with Crippen molar-refractivity contribution in [2.75, 3.05) is 0 Å². The summed E-state index contributed by atoms with van der Waals surface area (Å²) in [4.78, 5) is 22.9. The molecule has 0 spiro atoms. The van der Waals surface area contributed by atoms with Crippen molar-refractivity contribution in [1.29, 1.82) is 0 Å². The molecule has 1 atom stereocenters. The first-order chi connectivity index (χ1) is 12.6. The predicted octanol–water partition coefficient (Wildman–Crippen LogP) is 4.75. The smallest absolute Gasteiger partial charge is 0.269 e. The number of nitro benzene ring substituents is 1. The van der Waals surface area contributed by atoms with Crippen molar-refractivity contribution in [2.24, 2.45) is 0 Å². The number of hydrogen-bond donors (Lipinski definition) is 1. The fourth-order valence-electron chi connectivity index (χ4n) is 2.60. The lowest BCUT2D eigenvalue weighted by Crippen LogP contribution is -2.47. The third kappa shape index (κ3) is 5.29. The molecule has 0 saturated carbocycles. The highest BCUT2D eigenvalue weighted by molar-refractivity contribution is 5.85. The number of carbonyl (C=O) groups is 1. The second-order valence-corrected chi connectivity index (χ2v) is 7.38. The van der Waals surface area contributed by atoms with E-state index in [1.807, 2.05) is 19.1 Å². The zero-order chi connectivity index (χ0) is 20.2. The Labute approximate surface area is 159 Å². The van der Waals surface area contributed by atoms with Crippen LogP contribution in [0.4, 0.5) is 5.69 Å². The van der Waals surface area contributed by atoms with Gasteiger partial charge in [-0.25, -0.2) is 0 Å². The monoisotopic (exact) mass is 370 g/mol. The van der Waals surface area contributed by atoms with Crippen molar-refractivity contribution in [3.05, 3.63) is 69.8 Å². The number of nitrogens with zero attached hydrogens (tertiary/aromatic N) is 1. The summed E-state index contributed by atoms with van der Waals surface area (Å²) in [7, 11) is 0. The van der Waals surface area contributed by atoms with E-state index in [9.17, 15) is 14.9 Å². The highest BCUT2D eigenvalue weighted by Gasteiger charge is 2.31. The van der Waals surface area contributed by atoms with E-state index >= 15 is 0 Å². The molecule has 2 aromatic carbocycles. The molecule has 1 amide bonds. The van der Waals surface area contributed by atoms with Crippen LogP contribution in [0.1, 0.15) is 57.7 Å². The summed E-state index contributed by atoms with van der Waals surface area (Å²) >= 11 is 0. The van der Waals surface area contributed by atoms with E-state index in [0.717, 1.165) is 5.56 Å². The van der Waals surface area contributed by atoms with Gasteiger partial charge in [-0.05, 0) is 49.9 Å². The van der Waals surface area contributed by atoms with Crippen molar-refractivity contribution in [2.45, 2.75) is 52.2 Å². The molecule has 0 unspecified atom stereocenters. The average molecular weight is 370 g/mol. The lowest BCUT2D eigenvalue weighted by atomic mass is 9.99. The molecule has 0 heterocycles. The van der Waals surface area contributed by atoms with Crippen LogP contribution in [0.3, 0.4) is 0 Å². The van der Waals surface area contributed by atoms with Gasteiger partial charge in [0.15, 0.2) is 5.60 Å². The van der Waals surface area contributed by atoms with Crippen LogP contribution in [-0.2, 0) is 4.79 Å². The summed E-state index contributed by atoms with van der Waals surface area (Å²) in [5, 5.41) is 13.7. The van der Waals surface area contributed by atoms with Crippen molar-refractivity contribution in [3.8, 4) is 5.75 Å². The molecule has 0 saturated heterocycles. The Morgan fingerprint density at radius 2 is 1.52 bits per heavy atom. The third-order valence-electron chi connectivity index (χ3n) is 4.42. The topological polar surface area (TPSA) is 81.5 Å². The van der Waals surface area contributed by atoms with E-state index in [4.69, 9.17) is 4.74 Å². The second-order valence-electron chi connectivity index (χ2n) is 7.38. The van der Waals surface area contributed by atoms with E-state index in [0.29, 0.717) is 11.7 Å². The minimum Gasteiger partial charge on any atom is -0.478 e. The van der Waals surface area contributed by atoms with Crippen LogP contribution in [0.25, 0.3) is 0 Å². The molecule has 2 rings (SSSR count). The Bertz CT molecular complexity index is 796. The van der Waals surface area contributed by atoms with Crippen LogP contribution in [0.15, 0.2) is 48.5 Å². The zero-order valence-corrected chi connectivity index (χ0v) is 16.4. The van der Waals surface area contributed by atoms with Crippen molar-refractivity contribution < 1.29 is 14.5 Å². The summed E-state index contributed by atoms with van der Waals surface area (Å²) in [6.07, 6.45) is 0. The first kappa shape index (κ1) is 20.4. The van der Waals surface area contributed by atoms with Gasteiger partial charge in [0.25, 0.3) is 11.6 Å². The van der Waals surface area contributed by atoms with E-state index in [1.165, 1.54) is 29.8 Å². The number of nitrogens with one attached hydrogen (secondary N) is 1. The fraction of sp³-hybridized carbons (Fsp3) is 0.381. The summed E-state index contributed by atoms with van der Waals surface area (Å²) in [5.74, 6) is 0.592. The average Bonchev–Trinajstić information content (AvgIpc) is 2.61. The molecule has 6 nitrogen and oxygen atoms in total. The van der Waals surface area contributed by atoms with Crippen LogP contribution in [0, 0.1) is 10.1 Å². The Kier molecular flexibility index (Phi) is 6.20. The van der Waals surface area contributed by atoms with Gasteiger partial charge in [-0.15, -0.1) is 0 Å². The molecule has 0 fully saturated rings. The van der Waals surface area contributed by atoms with Crippen molar-refractivity contribution >= 4 is 11.6 Å². The SMILES string of the molecule is CC(C)c1ccc([C@H](C)NC(=O)C(C)(C)Oc2ccc([N+](=O)[O-])cc2)cc1. The van der Waals surface area contributed by atoms with Gasteiger partial charge in [-0.2, -0.15) is 0 Å². The molecule has 0 radical (unpaired) electrons. The van der Waals surface area contributed by atoms with Gasteiger partial charge in [0.05, 0.1) is 11.0 Å². The molecular weight excluding hydrogens is 344 g/mol.